The van der Waals surface area contributed by atoms with E-state index in [2.05, 4.69) is 11.6 Å². The highest BCUT2D eigenvalue weighted by Crippen LogP contribution is 2.34. The minimum absolute atomic E-state index is 0.137. The zero-order valence-corrected chi connectivity index (χ0v) is 15.7. The van der Waals surface area contributed by atoms with Crippen molar-refractivity contribution < 1.29 is 14.7 Å². The zero-order chi connectivity index (χ0) is 19.4. The smallest absolute Gasteiger partial charge is 0.335 e. The number of rotatable bonds is 5. The first-order valence-electron chi connectivity index (χ1n) is 7.98. The Morgan fingerprint density at radius 3 is 2.67 bits per heavy atom. The van der Waals surface area contributed by atoms with Gasteiger partial charge in [-0.25, -0.2) is 9.79 Å². The van der Waals surface area contributed by atoms with Crippen molar-refractivity contribution in [2.45, 2.75) is 0 Å². The molecule has 0 spiro atoms. The van der Waals surface area contributed by atoms with Crippen LogP contribution in [0.4, 0.5) is 5.69 Å². The standard InChI is InChI=1S/C20H15ClN2O3S/c1-2-10-23-18(24)17(11-13-6-8-15(21)9-7-13)27-20(23)22-16-5-3-4-14(12-16)19(25)26/h2-9,11-12H,1,10H2,(H,25,26)/b17-11-,22-20?. The van der Waals surface area contributed by atoms with Gasteiger partial charge in [-0.1, -0.05) is 35.9 Å². The second-order valence-corrected chi connectivity index (χ2v) is 7.06. The van der Waals surface area contributed by atoms with Crippen LogP contribution in [0, 0.1) is 0 Å². The van der Waals surface area contributed by atoms with Crippen molar-refractivity contribution in [1.29, 1.82) is 0 Å². The molecule has 136 valence electrons. The van der Waals surface area contributed by atoms with E-state index >= 15 is 0 Å². The summed E-state index contributed by atoms with van der Waals surface area (Å²) in [4.78, 5) is 30.4. The zero-order valence-electron chi connectivity index (χ0n) is 14.1. The number of nitrogens with zero attached hydrogens (tertiary/aromatic N) is 2. The average molecular weight is 399 g/mol. The van der Waals surface area contributed by atoms with Crippen molar-refractivity contribution in [3.63, 3.8) is 0 Å². The summed E-state index contributed by atoms with van der Waals surface area (Å²) in [5.74, 6) is -1.21. The van der Waals surface area contributed by atoms with E-state index in [9.17, 15) is 9.59 Å². The normalized spacial score (nSPS) is 16.9. The largest absolute Gasteiger partial charge is 0.478 e. The van der Waals surface area contributed by atoms with Crippen LogP contribution in [0.3, 0.4) is 0 Å². The summed E-state index contributed by atoms with van der Waals surface area (Å²) in [6, 6.07) is 13.4. The Labute approximate surface area is 165 Å². The number of carbonyl (C=O) groups is 2. The number of carboxylic acid groups (broad SMARTS) is 1. The predicted molar refractivity (Wildman–Crippen MR) is 109 cm³/mol. The summed E-state index contributed by atoms with van der Waals surface area (Å²) in [5, 5.41) is 10.2. The molecule has 0 atom stereocenters. The van der Waals surface area contributed by atoms with Crippen LogP contribution in [0.5, 0.6) is 0 Å². The molecule has 5 nitrogen and oxygen atoms in total. The molecule has 0 radical (unpaired) electrons. The molecule has 7 heteroatoms. The van der Waals surface area contributed by atoms with Crippen LogP contribution in [0.15, 0.2) is 71.1 Å². The maximum Gasteiger partial charge on any atom is 0.335 e. The Morgan fingerprint density at radius 1 is 1.26 bits per heavy atom. The molecule has 0 saturated carbocycles. The molecule has 3 rings (SSSR count). The number of hydrogen-bond acceptors (Lipinski definition) is 4. The molecular formula is C20H15ClN2O3S. The number of thioether (sulfide) groups is 1. The average Bonchev–Trinajstić information content (AvgIpc) is 2.93. The molecule has 1 fully saturated rings. The number of aliphatic imine (C=N–C) groups is 1. The second-order valence-electron chi connectivity index (χ2n) is 5.62. The van der Waals surface area contributed by atoms with Gasteiger partial charge < -0.3 is 5.11 Å². The lowest BCUT2D eigenvalue weighted by atomic mass is 10.2. The molecule has 2 aromatic rings. The number of amides is 1. The minimum atomic E-state index is -1.03. The number of halogens is 1. The fraction of sp³-hybridized carbons (Fsp3) is 0.0500. The number of aromatic carboxylic acids is 1. The fourth-order valence-electron chi connectivity index (χ4n) is 2.41. The van der Waals surface area contributed by atoms with Crippen LogP contribution < -0.4 is 0 Å². The van der Waals surface area contributed by atoms with Crippen LogP contribution in [-0.2, 0) is 4.79 Å². The van der Waals surface area contributed by atoms with Gasteiger partial charge in [0.1, 0.15) is 0 Å². The number of hydrogen-bond donors (Lipinski definition) is 1. The lowest BCUT2D eigenvalue weighted by Gasteiger charge is -2.12. The SMILES string of the molecule is C=CCN1C(=O)/C(=C/c2ccc(Cl)cc2)SC1=Nc1cccc(C(=O)O)c1. The molecule has 1 aliphatic rings. The van der Waals surface area contributed by atoms with Gasteiger partial charge >= 0.3 is 5.97 Å². The van der Waals surface area contributed by atoms with Crippen LogP contribution in [0.25, 0.3) is 6.08 Å². The molecule has 1 saturated heterocycles. The highest BCUT2D eigenvalue weighted by atomic mass is 35.5. The molecule has 1 N–H and O–H groups in total. The summed E-state index contributed by atoms with van der Waals surface area (Å²) in [6.45, 7) is 3.99. The fourth-order valence-corrected chi connectivity index (χ4v) is 3.54. The van der Waals surface area contributed by atoms with E-state index in [-0.39, 0.29) is 11.5 Å². The third-order valence-corrected chi connectivity index (χ3v) is 4.94. The first-order chi connectivity index (χ1) is 13.0. The molecule has 0 aromatic heterocycles. The molecule has 0 bridgehead atoms. The summed E-state index contributed by atoms with van der Waals surface area (Å²) in [5.41, 5.74) is 1.45. The van der Waals surface area contributed by atoms with Gasteiger partial charge in [0, 0.05) is 11.6 Å². The summed E-state index contributed by atoms with van der Waals surface area (Å²) in [7, 11) is 0. The predicted octanol–water partition coefficient (Wildman–Crippen LogP) is 4.83. The number of carbonyl (C=O) groups excluding carboxylic acids is 1. The highest BCUT2D eigenvalue weighted by Gasteiger charge is 2.32. The molecule has 0 aliphatic carbocycles. The molecular weight excluding hydrogens is 384 g/mol. The molecule has 1 heterocycles. The van der Waals surface area contributed by atoms with Crippen molar-refractivity contribution in [2.75, 3.05) is 6.54 Å². The van der Waals surface area contributed by atoms with E-state index in [0.717, 1.165) is 5.56 Å². The maximum atomic E-state index is 12.7. The van der Waals surface area contributed by atoms with Gasteiger partial charge in [-0.05, 0) is 53.7 Å². The van der Waals surface area contributed by atoms with Crippen molar-refractivity contribution in [1.82, 2.24) is 4.90 Å². The maximum absolute atomic E-state index is 12.7. The molecule has 1 amide bonds. The second kappa shape index (κ2) is 8.24. The molecule has 27 heavy (non-hydrogen) atoms. The first-order valence-corrected chi connectivity index (χ1v) is 9.17. The highest BCUT2D eigenvalue weighted by molar-refractivity contribution is 8.18. The van der Waals surface area contributed by atoms with Crippen LogP contribution >= 0.6 is 23.4 Å². The number of amidine groups is 1. The van der Waals surface area contributed by atoms with Crippen LogP contribution in [0.1, 0.15) is 15.9 Å². The summed E-state index contributed by atoms with van der Waals surface area (Å²) in [6.07, 6.45) is 3.39. The minimum Gasteiger partial charge on any atom is -0.478 e. The Bertz CT molecular complexity index is 967. The third-order valence-electron chi connectivity index (χ3n) is 3.69. The third kappa shape index (κ3) is 4.48. The van der Waals surface area contributed by atoms with Crippen molar-refractivity contribution in [3.05, 3.63) is 82.2 Å². The number of carboxylic acids is 1. The summed E-state index contributed by atoms with van der Waals surface area (Å²) < 4.78 is 0. The van der Waals surface area contributed by atoms with E-state index in [1.54, 1.807) is 36.4 Å². The lowest BCUT2D eigenvalue weighted by molar-refractivity contribution is -0.121. The van der Waals surface area contributed by atoms with Crippen molar-refractivity contribution >= 4 is 52.2 Å². The van der Waals surface area contributed by atoms with Gasteiger partial charge in [-0.15, -0.1) is 6.58 Å². The molecule has 1 aliphatic heterocycles. The van der Waals surface area contributed by atoms with E-state index in [0.29, 0.717) is 27.3 Å². The van der Waals surface area contributed by atoms with Gasteiger partial charge in [0.15, 0.2) is 5.17 Å². The monoisotopic (exact) mass is 398 g/mol. The van der Waals surface area contributed by atoms with E-state index < -0.39 is 5.97 Å². The Hall–Kier alpha value is -2.83. The van der Waals surface area contributed by atoms with Crippen LogP contribution in [-0.4, -0.2) is 33.6 Å². The van der Waals surface area contributed by atoms with Gasteiger partial charge in [-0.3, -0.25) is 9.69 Å². The Balaban J connectivity index is 1.95. The van der Waals surface area contributed by atoms with E-state index in [1.807, 2.05) is 12.1 Å². The Kier molecular flexibility index (Phi) is 5.78. The van der Waals surface area contributed by atoms with Gasteiger partial charge in [0.2, 0.25) is 0 Å². The lowest BCUT2D eigenvalue weighted by Crippen LogP contribution is -2.29. The van der Waals surface area contributed by atoms with Crippen molar-refractivity contribution in [2.24, 2.45) is 4.99 Å². The topological polar surface area (TPSA) is 70.0 Å². The Morgan fingerprint density at radius 2 is 2.00 bits per heavy atom. The van der Waals surface area contributed by atoms with E-state index in [1.165, 1.54) is 28.8 Å². The van der Waals surface area contributed by atoms with E-state index in [4.69, 9.17) is 16.7 Å². The number of benzene rings is 2. The van der Waals surface area contributed by atoms with Crippen LogP contribution in [0.2, 0.25) is 5.02 Å². The molecule has 2 aromatic carbocycles. The quantitative estimate of drug-likeness (QED) is 0.578. The van der Waals surface area contributed by atoms with Gasteiger partial charge in [0.25, 0.3) is 5.91 Å². The first kappa shape index (κ1) is 18.9. The van der Waals surface area contributed by atoms with Gasteiger partial charge in [0.05, 0.1) is 16.2 Å². The summed E-state index contributed by atoms with van der Waals surface area (Å²) >= 11 is 7.13. The molecule has 0 unspecified atom stereocenters. The van der Waals surface area contributed by atoms with Crippen molar-refractivity contribution in [3.8, 4) is 0 Å². The van der Waals surface area contributed by atoms with Gasteiger partial charge in [-0.2, -0.15) is 0 Å².